The Morgan fingerprint density at radius 3 is 2.60 bits per heavy atom. The Hall–Kier alpha value is -2.57. The van der Waals surface area contributed by atoms with E-state index in [1.165, 1.54) is 0 Å². The second-order valence-corrected chi connectivity index (χ2v) is 4.21. The second-order valence-electron chi connectivity index (χ2n) is 4.21. The van der Waals surface area contributed by atoms with E-state index >= 15 is 0 Å². The molecule has 2 rings (SSSR count). The first-order valence-electron chi connectivity index (χ1n) is 6.13. The molecule has 0 fully saturated rings. The molecule has 0 aliphatic heterocycles. The molecule has 2 N–H and O–H groups in total. The average Bonchev–Trinajstić information content (AvgIpc) is 2.81. The van der Waals surface area contributed by atoms with Gasteiger partial charge in [-0.05, 0) is 30.7 Å². The van der Waals surface area contributed by atoms with Crippen molar-refractivity contribution < 1.29 is 14.6 Å². The summed E-state index contributed by atoms with van der Waals surface area (Å²) in [6.45, 7) is 1.69. The van der Waals surface area contributed by atoms with Crippen molar-refractivity contribution in [1.29, 1.82) is 0 Å². The predicted molar refractivity (Wildman–Crippen MR) is 71.8 cm³/mol. The topological polar surface area (TPSA) is 97.2 Å². The van der Waals surface area contributed by atoms with Crippen molar-refractivity contribution in [3.05, 3.63) is 34.7 Å². The minimum Gasteiger partial charge on any atom is -0.497 e. The van der Waals surface area contributed by atoms with Crippen molar-refractivity contribution >= 4 is 5.97 Å². The van der Waals surface area contributed by atoms with Crippen LogP contribution in [0.1, 0.15) is 19.4 Å². The van der Waals surface area contributed by atoms with Crippen molar-refractivity contribution in [2.45, 2.75) is 19.4 Å². The average molecular weight is 277 g/mol. The van der Waals surface area contributed by atoms with Crippen LogP contribution in [0.5, 0.6) is 5.75 Å². The van der Waals surface area contributed by atoms with Crippen molar-refractivity contribution in [1.82, 2.24) is 14.8 Å². The number of carboxylic acid groups (broad SMARTS) is 1. The van der Waals surface area contributed by atoms with Crippen LogP contribution >= 0.6 is 0 Å². The molecule has 0 aliphatic rings. The summed E-state index contributed by atoms with van der Waals surface area (Å²) in [5.74, 6) is -0.0627. The quantitative estimate of drug-likeness (QED) is 0.858. The summed E-state index contributed by atoms with van der Waals surface area (Å²) in [6, 6.07) is 5.99. The zero-order valence-electron chi connectivity index (χ0n) is 11.2. The number of carbonyl (C=O) groups is 1. The van der Waals surface area contributed by atoms with E-state index in [1.54, 1.807) is 38.3 Å². The summed E-state index contributed by atoms with van der Waals surface area (Å²) >= 11 is 0. The summed E-state index contributed by atoms with van der Waals surface area (Å²) < 4.78 is 6.01. The van der Waals surface area contributed by atoms with Gasteiger partial charge in [-0.3, -0.25) is 4.98 Å². The van der Waals surface area contributed by atoms with Crippen molar-refractivity contribution in [3.8, 4) is 17.1 Å². The van der Waals surface area contributed by atoms with Crippen molar-refractivity contribution in [3.63, 3.8) is 0 Å². The van der Waals surface area contributed by atoms with E-state index in [-0.39, 0.29) is 6.42 Å². The monoisotopic (exact) mass is 277 g/mol. The molecule has 0 spiro atoms. The Morgan fingerprint density at radius 2 is 2.10 bits per heavy atom. The molecule has 2 aromatic rings. The van der Waals surface area contributed by atoms with Gasteiger partial charge in [0.05, 0.1) is 7.11 Å². The van der Waals surface area contributed by atoms with Gasteiger partial charge >= 0.3 is 11.7 Å². The molecule has 0 radical (unpaired) electrons. The molecule has 20 heavy (non-hydrogen) atoms. The van der Waals surface area contributed by atoms with E-state index in [2.05, 4.69) is 10.1 Å². The van der Waals surface area contributed by atoms with Crippen LogP contribution in [0.4, 0.5) is 0 Å². The summed E-state index contributed by atoms with van der Waals surface area (Å²) in [5, 5.41) is 13.1. The fourth-order valence-corrected chi connectivity index (χ4v) is 1.88. The molecule has 7 heteroatoms. The Kier molecular flexibility index (Phi) is 3.88. The highest BCUT2D eigenvalue weighted by Crippen LogP contribution is 2.19. The maximum Gasteiger partial charge on any atom is 0.344 e. The van der Waals surface area contributed by atoms with Gasteiger partial charge in [0.1, 0.15) is 5.75 Å². The Bertz CT molecular complexity index is 657. The molecule has 7 nitrogen and oxygen atoms in total. The second kappa shape index (κ2) is 5.60. The zero-order valence-corrected chi connectivity index (χ0v) is 11.2. The van der Waals surface area contributed by atoms with Crippen LogP contribution < -0.4 is 10.4 Å². The molecule has 1 aromatic carbocycles. The van der Waals surface area contributed by atoms with Crippen LogP contribution in [0.2, 0.25) is 0 Å². The first-order chi connectivity index (χ1) is 9.56. The van der Waals surface area contributed by atoms with Crippen LogP contribution in [0, 0.1) is 0 Å². The van der Waals surface area contributed by atoms with E-state index in [0.717, 1.165) is 4.68 Å². The molecule has 1 unspecified atom stereocenters. The largest absolute Gasteiger partial charge is 0.497 e. The number of H-pyrrole nitrogens is 1. The van der Waals surface area contributed by atoms with Crippen LogP contribution in [-0.2, 0) is 4.79 Å². The minimum absolute atomic E-state index is 0.280. The van der Waals surface area contributed by atoms with Crippen molar-refractivity contribution in [2.75, 3.05) is 7.11 Å². The summed E-state index contributed by atoms with van der Waals surface area (Å²) in [5.41, 5.74) is 0.145. The number of aromatic amines is 1. The number of hydrogen-bond acceptors (Lipinski definition) is 4. The molecule has 0 aliphatic carbocycles. The SMILES string of the molecule is CCC(C(=O)O)n1nc(-c2ccc(OC)cc2)[nH]c1=O. The molecule has 0 saturated carbocycles. The third kappa shape index (κ3) is 2.56. The highest BCUT2D eigenvalue weighted by atomic mass is 16.5. The fraction of sp³-hybridized carbons (Fsp3) is 0.308. The number of nitrogens with one attached hydrogen (secondary N) is 1. The number of nitrogens with zero attached hydrogens (tertiary/aromatic N) is 2. The fourth-order valence-electron chi connectivity index (χ4n) is 1.88. The molecular formula is C13H15N3O4. The number of rotatable bonds is 5. The lowest BCUT2D eigenvalue weighted by Gasteiger charge is -2.07. The summed E-state index contributed by atoms with van der Waals surface area (Å²) in [4.78, 5) is 25.4. The van der Waals surface area contributed by atoms with Crippen LogP contribution in [0.15, 0.2) is 29.1 Å². The summed E-state index contributed by atoms with van der Waals surface area (Å²) in [6.07, 6.45) is 0.280. The van der Waals surface area contributed by atoms with Gasteiger partial charge in [0.2, 0.25) is 0 Å². The first kappa shape index (κ1) is 13.9. The number of benzene rings is 1. The van der Waals surface area contributed by atoms with Crippen LogP contribution in [-0.4, -0.2) is 33.0 Å². The van der Waals surface area contributed by atoms with E-state index in [1.807, 2.05) is 0 Å². The van der Waals surface area contributed by atoms with Gasteiger partial charge in [-0.2, -0.15) is 4.68 Å². The third-order valence-electron chi connectivity index (χ3n) is 2.97. The third-order valence-corrected chi connectivity index (χ3v) is 2.97. The molecule has 0 bridgehead atoms. The van der Waals surface area contributed by atoms with Gasteiger partial charge in [-0.25, -0.2) is 9.59 Å². The van der Waals surface area contributed by atoms with Crippen LogP contribution in [0.25, 0.3) is 11.4 Å². The predicted octanol–water partition coefficient (Wildman–Crippen LogP) is 1.28. The van der Waals surface area contributed by atoms with E-state index in [9.17, 15) is 9.59 Å². The molecule has 1 heterocycles. The van der Waals surface area contributed by atoms with Crippen LogP contribution in [0.3, 0.4) is 0 Å². The van der Waals surface area contributed by atoms with Gasteiger partial charge in [-0.1, -0.05) is 6.92 Å². The molecule has 1 atom stereocenters. The smallest absolute Gasteiger partial charge is 0.344 e. The Morgan fingerprint density at radius 1 is 1.45 bits per heavy atom. The molecule has 0 saturated heterocycles. The minimum atomic E-state index is -1.08. The molecule has 0 amide bonds. The number of aliphatic carboxylic acids is 1. The summed E-state index contributed by atoms with van der Waals surface area (Å²) in [7, 11) is 1.56. The lowest BCUT2D eigenvalue weighted by atomic mass is 10.2. The zero-order chi connectivity index (χ0) is 14.7. The van der Waals surface area contributed by atoms with E-state index in [4.69, 9.17) is 9.84 Å². The number of aromatic nitrogens is 3. The highest BCUT2D eigenvalue weighted by Gasteiger charge is 2.21. The lowest BCUT2D eigenvalue weighted by Crippen LogP contribution is -2.28. The van der Waals surface area contributed by atoms with Gasteiger partial charge in [0.15, 0.2) is 11.9 Å². The maximum atomic E-state index is 11.8. The van der Waals surface area contributed by atoms with E-state index < -0.39 is 17.7 Å². The molecule has 1 aromatic heterocycles. The Labute approximate surface area is 114 Å². The normalized spacial score (nSPS) is 12.1. The van der Waals surface area contributed by atoms with E-state index in [0.29, 0.717) is 17.1 Å². The standard InChI is InChI=1S/C13H15N3O4/c1-3-10(12(17)18)16-13(19)14-11(15-16)8-4-6-9(20-2)7-5-8/h4-7,10H,3H2,1-2H3,(H,17,18)(H,14,15,19). The molecule has 106 valence electrons. The molecular weight excluding hydrogens is 262 g/mol. The van der Waals surface area contributed by atoms with Gasteiger partial charge in [0.25, 0.3) is 0 Å². The lowest BCUT2D eigenvalue weighted by molar-refractivity contribution is -0.141. The highest BCUT2D eigenvalue weighted by molar-refractivity contribution is 5.71. The van der Waals surface area contributed by atoms with Gasteiger partial charge in [-0.15, -0.1) is 5.10 Å². The number of carboxylic acids is 1. The van der Waals surface area contributed by atoms with Crippen molar-refractivity contribution in [2.24, 2.45) is 0 Å². The first-order valence-corrected chi connectivity index (χ1v) is 6.13. The van der Waals surface area contributed by atoms with Gasteiger partial charge in [0, 0.05) is 5.56 Å². The van der Waals surface area contributed by atoms with Gasteiger partial charge < -0.3 is 9.84 Å². The number of hydrogen-bond donors (Lipinski definition) is 2. The number of ether oxygens (including phenoxy) is 1. The number of methoxy groups -OCH3 is 1. The Balaban J connectivity index is 2.39. The maximum absolute atomic E-state index is 11.8.